The molecule has 0 N–H and O–H groups in total. The number of fused-ring (bicyclic) bond motifs is 1. The topological polar surface area (TPSA) is 55.2 Å². The van der Waals surface area contributed by atoms with E-state index in [1.165, 1.54) is 4.31 Å². The van der Waals surface area contributed by atoms with Crippen LogP contribution in [0.4, 0.5) is 5.69 Å². The summed E-state index contributed by atoms with van der Waals surface area (Å²) < 4.78 is 27.9. The Hall–Kier alpha value is -1.82. The van der Waals surface area contributed by atoms with Crippen molar-refractivity contribution < 1.29 is 8.42 Å². The molecule has 1 aromatic carbocycles. The lowest BCUT2D eigenvalue weighted by atomic mass is 9.93. The zero-order valence-electron chi connectivity index (χ0n) is 11.7. The van der Waals surface area contributed by atoms with Crippen LogP contribution >= 0.6 is 0 Å². The van der Waals surface area contributed by atoms with E-state index in [0.717, 1.165) is 11.3 Å². The summed E-state index contributed by atoms with van der Waals surface area (Å²) in [6.45, 7) is 3.53. The van der Waals surface area contributed by atoms with Crippen molar-refractivity contribution in [1.82, 2.24) is 9.55 Å². The van der Waals surface area contributed by atoms with Crippen LogP contribution in [0.5, 0.6) is 0 Å². The first kappa shape index (κ1) is 13.2. The normalized spacial score (nSPS) is 23.4. The third kappa shape index (κ3) is 1.54. The summed E-state index contributed by atoms with van der Waals surface area (Å²) in [5.74, 6) is 0. The number of imidazole rings is 1. The van der Waals surface area contributed by atoms with Gasteiger partial charge in [0.15, 0.2) is 0 Å². The van der Waals surface area contributed by atoms with Gasteiger partial charge in [-0.25, -0.2) is 13.4 Å². The highest BCUT2D eigenvalue weighted by molar-refractivity contribution is 7.94. The Labute approximate surface area is 118 Å². The molecule has 0 spiro atoms. The van der Waals surface area contributed by atoms with Crippen LogP contribution in [-0.4, -0.2) is 29.8 Å². The van der Waals surface area contributed by atoms with Crippen molar-refractivity contribution in [3.05, 3.63) is 48.5 Å². The summed E-state index contributed by atoms with van der Waals surface area (Å²) in [6.07, 6.45) is 5.15. The van der Waals surface area contributed by atoms with Crippen molar-refractivity contribution in [2.45, 2.75) is 24.6 Å². The number of anilines is 1. The van der Waals surface area contributed by atoms with Gasteiger partial charge in [0.25, 0.3) is 0 Å². The Kier molecular flexibility index (Phi) is 2.69. The first-order chi connectivity index (χ1) is 9.37. The maximum absolute atomic E-state index is 12.8. The van der Waals surface area contributed by atoms with E-state index in [1.807, 2.05) is 35.0 Å². The molecule has 0 saturated carbocycles. The predicted molar refractivity (Wildman–Crippen MR) is 78.2 cm³/mol. The molecule has 0 radical (unpaired) electrons. The van der Waals surface area contributed by atoms with Gasteiger partial charge in [-0.3, -0.25) is 4.31 Å². The van der Waals surface area contributed by atoms with Crippen LogP contribution in [0, 0.1) is 0 Å². The van der Waals surface area contributed by atoms with Crippen LogP contribution in [0.25, 0.3) is 0 Å². The Morgan fingerprint density at radius 3 is 2.60 bits per heavy atom. The number of aromatic nitrogens is 2. The van der Waals surface area contributed by atoms with E-state index >= 15 is 0 Å². The highest BCUT2D eigenvalue weighted by atomic mass is 32.2. The molecule has 1 aliphatic rings. The second-order valence-electron chi connectivity index (χ2n) is 5.55. The first-order valence-corrected chi connectivity index (χ1v) is 7.86. The molecular weight excluding hydrogens is 274 g/mol. The number of hydrogen-bond acceptors (Lipinski definition) is 3. The summed E-state index contributed by atoms with van der Waals surface area (Å²) >= 11 is 0. The fraction of sp³-hybridized carbons (Fsp3) is 0.357. The first-order valence-electron chi connectivity index (χ1n) is 6.42. The summed E-state index contributed by atoms with van der Waals surface area (Å²) in [5.41, 5.74) is 1.72. The van der Waals surface area contributed by atoms with E-state index in [0.29, 0.717) is 0 Å². The summed E-state index contributed by atoms with van der Waals surface area (Å²) in [5, 5.41) is 0. The number of para-hydroxylation sites is 1. The Bertz CT molecular complexity index is 736. The molecule has 2 aromatic rings. The van der Waals surface area contributed by atoms with Gasteiger partial charge in [0.1, 0.15) is 4.75 Å². The van der Waals surface area contributed by atoms with Crippen molar-refractivity contribution in [3.63, 3.8) is 0 Å². The Morgan fingerprint density at radius 2 is 1.95 bits per heavy atom. The molecular formula is C14H17N3O2S. The van der Waals surface area contributed by atoms with Crippen LogP contribution in [0.3, 0.4) is 0 Å². The third-order valence-electron chi connectivity index (χ3n) is 4.08. The van der Waals surface area contributed by atoms with E-state index < -0.39 is 14.8 Å². The van der Waals surface area contributed by atoms with Crippen LogP contribution in [0.1, 0.15) is 25.5 Å². The molecule has 1 aliphatic heterocycles. The Balaban J connectivity index is 2.34. The van der Waals surface area contributed by atoms with Gasteiger partial charge in [-0.1, -0.05) is 18.2 Å². The molecule has 0 aliphatic carbocycles. The number of hydrogen-bond donors (Lipinski definition) is 0. The predicted octanol–water partition coefficient (Wildman–Crippen LogP) is 2.03. The van der Waals surface area contributed by atoms with Crippen LogP contribution in [0.15, 0.2) is 43.0 Å². The zero-order chi connectivity index (χ0) is 14.5. The molecule has 0 amide bonds. The maximum Gasteiger partial charge on any atom is 0.242 e. The van der Waals surface area contributed by atoms with Gasteiger partial charge >= 0.3 is 0 Å². The second kappa shape index (κ2) is 4.09. The molecule has 5 nitrogen and oxygen atoms in total. The van der Waals surface area contributed by atoms with Gasteiger partial charge in [-0.2, -0.15) is 0 Å². The van der Waals surface area contributed by atoms with Crippen molar-refractivity contribution in [3.8, 4) is 0 Å². The lowest BCUT2D eigenvalue weighted by molar-refractivity contribution is 0.430. The number of rotatable bonds is 1. The number of nitrogens with zero attached hydrogens (tertiary/aromatic N) is 3. The van der Waals surface area contributed by atoms with Gasteiger partial charge in [0.05, 0.1) is 18.1 Å². The molecule has 0 bridgehead atoms. The molecule has 1 unspecified atom stereocenters. The smallest absolute Gasteiger partial charge is 0.242 e. The largest absolute Gasteiger partial charge is 0.328 e. The fourth-order valence-electron chi connectivity index (χ4n) is 2.95. The maximum atomic E-state index is 12.8. The highest BCUT2D eigenvalue weighted by Gasteiger charge is 2.51. The van der Waals surface area contributed by atoms with Gasteiger partial charge in [-0.15, -0.1) is 0 Å². The van der Waals surface area contributed by atoms with Crippen LogP contribution < -0.4 is 4.31 Å². The molecule has 3 rings (SSSR count). The minimum atomic E-state index is -3.44. The monoisotopic (exact) mass is 291 g/mol. The second-order valence-corrected chi connectivity index (χ2v) is 8.10. The summed E-state index contributed by atoms with van der Waals surface area (Å²) in [4.78, 5) is 4.06. The third-order valence-corrected chi connectivity index (χ3v) is 6.55. The van der Waals surface area contributed by atoms with Gasteiger partial charge in [0.2, 0.25) is 10.0 Å². The van der Waals surface area contributed by atoms with E-state index in [9.17, 15) is 8.42 Å². The van der Waals surface area contributed by atoms with E-state index in [1.54, 1.807) is 33.4 Å². The molecule has 2 heterocycles. The zero-order valence-corrected chi connectivity index (χ0v) is 12.5. The molecule has 20 heavy (non-hydrogen) atoms. The lowest BCUT2D eigenvalue weighted by Crippen LogP contribution is -2.52. The molecule has 106 valence electrons. The van der Waals surface area contributed by atoms with Crippen molar-refractivity contribution in [2.75, 3.05) is 11.4 Å². The molecule has 1 atom stereocenters. The average Bonchev–Trinajstić information content (AvgIpc) is 2.91. The Morgan fingerprint density at radius 1 is 1.25 bits per heavy atom. The van der Waals surface area contributed by atoms with E-state index in [2.05, 4.69) is 4.98 Å². The number of sulfonamides is 1. The standard InChI is InChI=1S/C14H17N3O2S/c1-14(2)13(17-9-8-15-10-17)11-6-4-5-7-12(11)16(3)20(14,18)19/h4-10,13H,1-3H3. The minimum absolute atomic E-state index is 0.289. The molecule has 6 heteroatoms. The number of benzene rings is 1. The van der Waals surface area contributed by atoms with E-state index in [-0.39, 0.29) is 6.04 Å². The van der Waals surface area contributed by atoms with Crippen molar-refractivity contribution in [1.29, 1.82) is 0 Å². The quantitative estimate of drug-likeness (QED) is 0.808. The molecule has 0 fully saturated rings. The highest BCUT2D eigenvalue weighted by Crippen LogP contribution is 2.46. The lowest BCUT2D eigenvalue weighted by Gasteiger charge is -2.44. The van der Waals surface area contributed by atoms with Gasteiger partial charge in [-0.05, 0) is 19.9 Å². The van der Waals surface area contributed by atoms with Gasteiger partial charge in [0, 0.05) is 25.0 Å². The van der Waals surface area contributed by atoms with Crippen molar-refractivity contribution in [2.24, 2.45) is 0 Å². The van der Waals surface area contributed by atoms with Crippen LogP contribution in [0.2, 0.25) is 0 Å². The van der Waals surface area contributed by atoms with Crippen LogP contribution in [-0.2, 0) is 10.0 Å². The SMILES string of the molecule is CN1c2ccccc2C(n2ccnc2)C(C)(C)S1(=O)=O. The molecule has 0 saturated heterocycles. The summed E-state index contributed by atoms with van der Waals surface area (Å²) in [6, 6.07) is 7.32. The molecule has 1 aromatic heterocycles. The summed E-state index contributed by atoms with van der Waals surface area (Å²) in [7, 11) is -1.83. The van der Waals surface area contributed by atoms with Crippen molar-refractivity contribution >= 4 is 15.7 Å². The fourth-order valence-corrected chi connectivity index (χ4v) is 4.61. The van der Waals surface area contributed by atoms with E-state index in [4.69, 9.17) is 0 Å². The minimum Gasteiger partial charge on any atom is -0.328 e. The van der Waals surface area contributed by atoms with Gasteiger partial charge < -0.3 is 4.57 Å². The average molecular weight is 291 g/mol.